The maximum atomic E-state index is 8.28. The maximum Gasteiger partial charge on any atom is 0.0630 e. The van der Waals surface area contributed by atoms with E-state index in [2.05, 4.69) is 19.1 Å². The molecular formula is C8H12N2S2. The second-order valence-electron chi connectivity index (χ2n) is 2.13. The molecule has 0 aliphatic carbocycles. The third kappa shape index (κ3) is 7.78. The Balaban J connectivity index is 3.18. The Morgan fingerprint density at radius 3 is 1.83 bits per heavy atom. The Kier molecular flexibility index (Phi) is 8.54. The van der Waals surface area contributed by atoms with Gasteiger partial charge in [-0.3, -0.25) is 0 Å². The molecule has 0 fully saturated rings. The van der Waals surface area contributed by atoms with E-state index in [4.69, 9.17) is 10.5 Å². The molecule has 0 heterocycles. The zero-order chi connectivity index (χ0) is 9.23. The predicted molar refractivity (Wildman–Crippen MR) is 54.8 cm³/mol. The van der Waals surface area contributed by atoms with E-state index in [1.165, 1.54) is 0 Å². The van der Waals surface area contributed by atoms with Gasteiger partial charge in [0.1, 0.15) is 0 Å². The van der Waals surface area contributed by atoms with E-state index < -0.39 is 0 Å². The zero-order valence-corrected chi connectivity index (χ0v) is 8.75. The van der Waals surface area contributed by atoms with Crippen LogP contribution in [0.3, 0.4) is 0 Å². The van der Waals surface area contributed by atoms with E-state index in [0.29, 0.717) is 17.4 Å². The number of thioether (sulfide) groups is 2. The van der Waals surface area contributed by atoms with E-state index in [0.717, 1.165) is 11.5 Å². The summed E-state index contributed by atoms with van der Waals surface area (Å²) >= 11 is 3.56. The van der Waals surface area contributed by atoms with Gasteiger partial charge in [0.15, 0.2) is 0 Å². The molecule has 0 aromatic rings. The lowest BCUT2D eigenvalue weighted by molar-refractivity contribution is 1.22. The first-order chi connectivity index (χ1) is 5.81. The van der Waals surface area contributed by atoms with Crippen LogP contribution in [0.1, 0.15) is 19.8 Å². The molecular weight excluding hydrogens is 188 g/mol. The van der Waals surface area contributed by atoms with Crippen LogP contribution < -0.4 is 0 Å². The molecule has 12 heavy (non-hydrogen) atoms. The summed E-state index contributed by atoms with van der Waals surface area (Å²) in [5.41, 5.74) is 0. The predicted octanol–water partition coefficient (Wildman–Crippen LogP) is 2.63. The lowest BCUT2D eigenvalue weighted by Gasteiger charge is -2.07. The molecule has 0 spiro atoms. The lowest BCUT2D eigenvalue weighted by Crippen LogP contribution is -1.92. The normalized spacial score (nSPS) is 9.33. The highest BCUT2D eigenvalue weighted by atomic mass is 32.2. The third-order valence-corrected chi connectivity index (χ3v) is 3.77. The smallest absolute Gasteiger partial charge is 0.0630 e. The number of rotatable bonds is 6. The Morgan fingerprint density at radius 2 is 1.50 bits per heavy atom. The molecule has 0 amide bonds. The molecule has 0 unspecified atom stereocenters. The van der Waals surface area contributed by atoms with Crippen molar-refractivity contribution in [2.24, 2.45) is 0 Å². The van der Waals surface area contributed by atoms with Gasteiger partial charge in [-0.15, -0.1) is 23.5 Å². The summed E-state index contributed by atoms with van der Waals surface area (Å²) in [6, 6.07) is 4.22. The van der Waals surface area contributed by atoms with E-state index in [1.54, 1.807) is 23.5 Å². The van der Waals surface area contributed by atoms with Crippen LogP contribution in [0, 0.1) is 22.7 Å². The maximum absolute atomic E-state index is 8.28. The first-order valence-electron chi connectivity index (χ1n) is 3.78. The molecule has 0 saturated heterocycles. The van der Waals surface area contributed by atoms with Gasteiger partial charge in [0.25, 0.3) is 0 Å². The summed E-state index contributed by atoms with van der Waals surface area (Å²) in [6.45, 7) is 2.12. The zero-order valence-electron chi connectivity index (χ0n) is 7.12. The number of nitrogens with zero attached hydrogens (tertiary/aromatic N) is 2. The van der Waals surface area contributed by atoms with Crippen LogP contribution in [0.5, 0.6) is 0 Å². The molecule has 0 aromatic carbocycles. The molecule has 4 heteroatoms. The lowest BCUT2D eigenvalue weighted by atomic mass is 10.6. The Hall–Kier alpha value is -0.320. The van der Waals surface area contributed by atoms with Gasteiger partial charge < -0.3 is 0 Å². The van der Waals surface area contributed by atoms with Crippen molar-refractivity contribution in [2.45, 2.75) is 24.3 Å². The van der Waals surface area contributed by atoms with Crippen molar-refractivity contribution in [1.82, 2.24) is 0 Å². The molecule has 0 atom stereocenters. The van der Waals surface area contributed by atoms with Crippen molar-refractivity contribution in [3.63, 3.8) is 0 Å². The van der Waals surface area contributed by atoms with Gasteiger partial charge >= 0.3 is 0 Å². The van der Waals surface area contributed by atoms with Gasteiger partial charge in [-0.2, -0.15) is 10.5 Å². The molecule has 66 valence electrons. The van der Waals surface area contributed by atoms with Gasteiger partial charge in [0, 0.05) is 28.9 Å². The highest BCUT2D eigenvalue weighted by Gasteiger charge is 2.01. The third-order valence-electron chi connectivity index (χ3n) is 1.13. The van der Waals surface area contributed by atoms with E-state index in [9.17, 15) is 0 Å². The molecule has 0 aliphatic rings. The molecule has 0 bridgehead atoms. The minimum atomic E-state index is 0.506. The van der Waals surface area contributed by atoms with Crippen LogP contribution in [-0.4, -0.2) is 16.1 Å². The van der Waals surface area contributed by atoms with Gasteiger partial charge in [0.2, 0.25) is 0 Å². The van der Waals surface area contributed by atoms with E-state index in [-0.39, 0.29) is 0 Å². The minimum absolute atomic E-state index is 0.506. The molecule has 0 aromatic heterocycles. The molecule has 0 N–H and O–H groups in total. The molecule has 0 radical (unpaired) electrons. The standard InChI is InChI=1S/C8H12N2S2/c1-8(11-6-2-4-9)12-7-3-5-10/h8H,2-3,6-7H2,1H3. The minimum Gasteiger partial charge on any atom is -0.198 e. The number of hydrogen-bond acceptors (Lipinski definition) is 4. The van der Waals surface area contributed by atoms with Gasteiger partial charge in [-0.25, -0.2) is 0 Å². The van der Waals surface area contributed by atoms with Crippen molar-refractivity contribution in [2.75, 3.05) is 11.5 Å². The van der Waals surface area contributed by atoms with Crippen molar-refractivity contribution >= 4 is 23.5 Å². The summed E-state index contributed by atoms with van der Waals surface area (Å²) in [4.78, 5) is 0. The SMILES string of the molecule is CC(SCCC#N)SCCC#N. The Morgan fingerprint density at radius 1 is 1.08 bits per heavy atom. The van der Waals surface area contributed by atoms with Crippen LogP contribution in [0.4, 0.5) is 0 Å². The molecule has 2 nitrogen and oxygen atoms in total. The van der Waals surface area contributed by atoms with Crippen molar-refractivity contribution < 1.29 is 0 Å². The van der Waals surface area contributed by atoms with Crippen LogP contribution >= 0.6 is 23.5 Å². The summed E-state index contributed by atoms with van der Waals surface area (Å²) < 4.78 is 0.506. The van der Waals surface area contributed by atoms with Gasteiger partial charge in [-0.05, 0) is 6.92 Å². The van der Waals surface area contributed by atoms with Crippen molar-refractivity contribution in [1.29, 1.82) is 10.5 Å². The fraction of sp³-hybridized carbons (Fsp3) is 0.750. The fourth-order valence-electron chi connectivity index (χ4n) is 0.589. The van der Waals surface area contributed by atoms with E-state index in [1.807, 2.05) is 0 Å². The molecule has 0 aliphatic heterocycles. The quantitative estimate of drug-likeness (QED) is 0.488. The molecule has 0 rings (SSSR count). The Bertz CT molecular complexity index is 160. The van der Waals surface area contributed by atoms with Crippen LogP contribution in [0.2, 0.25) is 0 Å². The summed E-state index contributed by atoms with van der Waals surface area (Å²) in [5.74, 6) is 1.80. The highest BCUT2D eigenvalue weighted by molar-refractivity contribution is 8.16. The molecule has 0 saturated carbocycles. The first kappa shape index (κ1) is 11.7. The number of hydrogen-bond donors (Lipinski definition) is 0. The second-order valence-corrected chi connectivity index (χ2v) is 5.32. The van der Waals surface area contributed by atoms with Gasteiger partial charge in [0.05, 0.1) is 12.1 Å². The highest BCUT2D eigenvalue weighted by Crippen LogP contribution is 2.23. The largest absolute Gasteiger partial charge is 0.198 e. The average Bonchev–Trinajstić information content (AvgIpc) is 2.06. The first-order valence-corrected chi connectivity index (χ1v) is 5.88. The fourth-order valence-corrected chi connectivity index (χ4v) is 2.63. The summed E-state index contributed by atoms with van der Waals surface area (Å²) in [6.07, 6.45) is 1.24. The van der Waals surface area contributed by atoms with E-state index >= 15 is 0 Å². The van der Waals surface area contributed by atoms with Crippen LogP contribution in [-0.2, 0) is 0 Å². The average molecular weight is 200 g/mol. The van der Waals surface area contributed by atoms with Gasteiger partial charge in [-0.1, -0.05) is 0 Å². The van der Waals surface area contributed by atoms with Crippen LogP contribution in [0.25, 0.3) is 0 Å². The summed E-state index contributed by atoms with van der Waals surface area (Å²) in [7, 11) is 0. The summed E-state index contributed by atoms with van der Waals surface area (Å²) in [5, 5.41) is 16.6. The van der Waals surface area contributed by atoms with Crippen LogP contribution in [0.15, 0.2) is 0 Å². The topological polar surface area (TPSA) is 47.6 Å². The Labute approximate surface area is 82.3 Å². The van der Waals surface area contributed by atoms with Crippen molar-refractivity contribution in [3.8, 4) is 12.1 Å². The number of nitriles is 2. The van der Waals surface area contributed by atoms with Crippen molar-refractivity contribution in [3.05, 3.63) is 0 Å². The second kappa shape index (κ2) is 8.77. The monoisotopic (exact) mass is 200 g/mol.